The van der Waals surface area contributed by atoms with Crippen molar-refractivity contribution in [1.29, 1.82) is 0 Å². The van der Waals surface area contributed by atoms with Gasteiger partial charge in [-0.05, 0) is 31.6 Å². The summed E-state index contributed by atoms with van der Waals surface area (Å²) in [5.41, 5.74) is 1.22. The Labute approximate surface area is 87.3 Å². The lowest BCUT2D eigenvalue weighted by atomic mass is 9.87. The number of hydrogen-bond donors (Lipinski definition) is 1. The lowest BCUT2D eigenvalue weighted by Crippen LogP contribution is -2.06. The summed E-state index contributed by atoms with van der Waals surface area (Å²) in [7, 11) is 3.25. The summed E-state index contributed by atoms with van der Waals surface area (Å²) < 4.78 is 4.25. The van der Waals surface area contributed by atoms with Crippen molar-refractivity contribution in [3.63, 3.8) is 0 Å². The number of ether oxygens (including phenoxy) is 1. The largest absolute Gasteiger partial charge is 0.396 e. The quantitative estimate of drug-likeness (QED) is 0.706. The highest BCUT2D eigenvalue weighted by Gasteiger charge is 2.12. The Kier molecular flexibility index (Phi) is 8.59. The van der Waals surface area contributed by atoms with Crippen LogP contribution in [-0.2, 0) is 4.74 Å². The maximum absolute atomic E-state index is 8.69. The highest BCUT2D eigenvalue weighted by atomic mass is 16.4. The average Bonchev–Trinajstić information content (AvgIpc) is 2.21. The van der Waals surface area contributed by atoms with Gasteiger partial charge in [-0.2, -0.15) is 0 Å². The topological polar surface area (TPSA) is 29.5 Å². The zero-order chi connectivity index (χ0) is 10.8. The van der Waals surface area contributed by atoms with Crippen LogP contribution in [0.4, 0.5) is 0 Å². The fourth-order valence-electron chi connectivity index (χ4n) is 1.51. The van der Waals surface area contributed by atoms with E-state index >= 15 is 0 Å². The molecule has 0 spiro atoms. The van der Waals surface area contributed by atoms with Gasteiger partial charge >= 0.3 is 0 Å². The second kappa shape index (κ2) is 8.97. The van der Waals surface area contributed by atoms with Crippen LogP contribution in [0.15, 0.2) is 24.3 Å². The molecule has 1 aliphatic rings. The molecular weight excluding hydrogens is 176 g/mol. The van der Waals surface area contributed by atoms with Crippen molar-refractivity contribution >= 4 is 0 Å². The minimum absolute atomic E-state index is 0.249. The number of aliphatic hydroxyl groups excluding tert-OH is 1. The lowest BCUT2D eigenvalue weighted by Gasteiger charge is -2.19. The minimum Gasteiger partial charge on any atom is -0.396 e. The first-order chi connectivity index (χ1) is 6.76. The molecule has 0 aromatic carbocycles. The molecule has 1 atom stereocenters. The molecular formula is C12H22O2. The van der Waals surface area contributed by atoms with Gasteiger partial charge < -0.3 is 9.84 Å². The van der Waals surface area contributed by atoms with Crippen LogP contribution < -0.4 is 0 Å². The second-order valence-corrected chi connectivity index (χ2v) is 3.52. The van der Waals surface area contributed by atoms with Crippen molar-refractivity contribution in [1.82, 2.24) is 0 Å². The first-order valence-electron chi connectivity index (χ1n) is 5.09. The molecule has 0 saturated carbocycles. The Morgan fingerprint density at radius 2 is 2.14 bits per heavy atom. The lowest BCUT2D eigenvalue weighted by molar-refractivity contribution is 0.277. The normalized spacial score (nSPS) is 19.8. The molecule has 14 heavy (non-hydrogen) atoms. The number of methoxy groups -OCH3 is 1. The van der Waals surface area contributed by atoms with Gasteiger partial charge in [-0.15, -0.1) is 0 Å². The molecule has 0 heterocycles. The molecule has 0 aliphatic heterocycles. The molecule has 0 aromatic rings. The third-order valence-corrected chi connectivity index (χ3v) is 2.28. The van der Waals surface area contributed by atoms with Crippen molar-refractivity contribution in [2.24, 2.45) is 5.92 Å². The predicted molar refractivity (Wildman–Crippen MR) is 60.3 cm³/mol. The SMILES string of the molecule is C=C(CCO)C1CC=CCC1.COC. The van der Waals surface area contributed by atoms with Crippen LogP contribution in [-0.4, -0.2) is 25.9 Å². The van der Waals surface area contributed by atoms with Gasteiger partial charge in [0, 0.05) is 20.8 Å². The summed E-state index contributed by atoms with van der Waals surface area (Å²) in [4.78, 5) is 0. The summed E-state index contributed by atoms with van der Waals surface area (Å²) in [6.07, 6.45) is 8.74. The van der Waals surface area contributed by atoms with Gasteiger partial charge in [-0.3, -0.25) is 0 Å². The second-order valence-electron chi connectivity index (χ2n) is 3.52. The number of aliphatic hydroxyl groups is 1. The third-order valence-electron chi connectivity index (χ3n) is 2.28. The van der Waals surface area contributed by atoms with Crippen molar-refractivity contribution in [3.05, 3.63) is 24.3 Å². The molecule has 0 amide bonds. The monoisotopic (exact) mass is 198 g/mol. The molecule has 1 rings (SSSR count). The van der Waals surface area contributed by atoms with E-state index in [4.69, 9.17) is 5.11 Å². The van der Waals surface area contributed by atoms with E-state index in [1.807, 2.05) is 0 Å². The van der Waals surface area contributed by atoms with E-state index in [1.54, 1.807) is 14.2 Å². The van der Waals surface area contributed by atoms with Gasteiger partial charge in [0.2, 0.25) is 0 Å². The van der Waals surface area contributed by atoms with E-state index in [0.717, 1.165) is 12.8 Å². The van der Waals surface area contributed by atoms with Gasteiger partial charge in [0.15, 0.2) is 0 Å². The van der Waals surface area contributed by atoms with E-state index in [9.17, 15) is 0 Å². The van der Waals surface area contributed by atoms with Crippen molar-refractivity contribution < 1.29 is 9.84 Å². The fraction of sp³-hybridized carbons (Fsp3) is 0.667. The van der Waals surface area contributed by atoms with Crippen LogP contribution in [0.1, 0.15) is 25.7 Å². The summed E-state index contributed by atoms with van der Waals surface area (Å²) in [6.45, 7) is 4.22. The van der Waals surface area contributed by atoms with Gasteiger partial charge in [0.1, 0.15) is 0 Å². The summed E-state index contributed by atoms with van der Waals surface area (Å²) in [5.74, 6) is 0.632. The molecule has 0 bridgehead atoms. The van der Waals surface area contributed by atoms with Gasteiger partial charge in [-0.1, -0.05) is 24.3 Å². The molecule has 1 aliphatic carbocycles. The molecule has 0 fully saturated rings. The maximum atomic E-state index is 8.69. The Morgan fingerprint density at radius 3 is 2.57 bits per heavy atom. The van der Waals surface area contributed by atoms with Gasteiger partial charge in [0.25, 0.3) is 0 Å². The van der Waals surface area contributed by atoms with Crippen molar-refractivity contribution in [3.8, 4) is 0 Å². The zero-order valence-electron chi connectivity index (χ0n) is 9.33. The fourth-order valence-corrected chi connectivity index (χ4v) is 1.51. The molecule has 0 saturated heterocycles. The first kappa shape index (κ1) is 13.4. The van der Waals surface area contributed by atoms with Crippen molar-refractivity contribution in [2.75, 3.05) is 20.8 Å². The smallest absolute Gasteiger partial charge is 0.0468 e. The number of rotatable bonds is 3. The maximum Gasteiger partial charge on any atom is 0.0468 e. The highest BCUT2D eigenvalue weighted by Crippen LogP contribution is 2.25. The van der Waals surface area contributed by atoms with Gasteiger partial charge in [-0.25, -0.2) is 0 Å². The molecule has 1 N–H and O–H groups in total. The Balaban J connectivity index is 0.000000500. The van der Waals surface area contributed by atoms with E-state index in [0.29, 0.717) is 5.92 Å². The summed E-state index contributed by atoms with van der Waals surface area (Å²) in [6, 6.07) is 0. The van der Waals surface area contributed by atoms with Crippen LogP contribution >= 0.6 is 0 Å². The van der Waals surface area contributed by atoms with Crippen LogP contribution in [0.5, 0.6) is 0 Å². The average molecular weight is 198 g/mol. The molecule has 2 nitrogen and oxygen atoms in total. The zero-order valence-corrected chi connectivity index (χ0v) is 9.33. The Bertz CT molecular complexity index is 173. The van der Waals surface area contributed by atoms with E-state index in [-0.39, 0.29) is 6.61 Å². The Morgan fingerprint density at radius 1 is 1.50 bits per heavy atom. The van der Waals surface area contributed by atoms with E-state index in [2.05, 4.69) is 23.5 Å². The predicted octanol–water partition coefficient (Wildman–Crippen LogP) is 2.54. The number of hydrogen-bond acceptors (Lipinski definition) is 2. The summed E-state index contributed by atoms with van der Waals surface area (Å²) in [5, 5.41) is 8.69. The molecule has 82 valence electrons. The molecule has 0 radical (unpaired) electrons. The highest BCUT2D eigenvalue weighted by molar-refractivity contribution is 5.06. The first-order valence-corrected chi connectivity index (χ1v) is 5.09. The van der Waals surface area contributed by atoms with E-state index in [1.165, 1.54) is 18.4 Å². The van der Waals surface area contributed by atoms with E-state index < -0.39 is 0 Å². The van der Waals surface area contributed by atoms with Crippen LogP contribution in [0.25, 0.3) is 0 Å². The van der Waals surface area contributed by atoms with Crippen molar-refractivity contribution in [2.45, 2.75) is 25.7 Å². The third kappa shape index (κ3) is 5.95. The standard InChI is InChI=1S/C10H16O.C2H6O/c1-9(7-8-11)10-5-3-2-4-6-10;1-3-2/h2-3,10-11H,1,4-8H2;1-2H3. The molecule has 0 aromatic heterocycles. The van der Waals surface area contributed by atoms with Crippen LogP contribution in [0.3, 0.4) is 0 Å². The summed E-state index contributed by atoms with van der Waals surface area (Å²) >= 11 is 0. The minimum atomic E-state index is 0.249. The van der Waals surface area contributed by atoms with Crippen LogP contribution in [0, 0.1) is 5.92 Å². The molecule has 1 unspecified atom stereocenters. The van der Waals surface area contributed by atoms with Crippen LogP contribution in [0.2, 0.25) is 0 Å². The number of allylic oxidation sites excluding steroid dienone is 2. The van der Waals surface area contributed by atoms with Gasteiger partial charge in [0.05, 0.1) is 0 Å². The Hall–Kier alpha value is -0.600. The molecule has 2 heteroatoms.